The Morgan fingerprint density at radius 1 is 1.10 bits per heavy atom. The van der Waals surface area contributed by atoms with Crippen molar-refractivity contribution in [3.63, 3.8) is 0 Å². The molecule has 2 aromatic rings. The fourth-order valence-electron chi connectivity index (χ4n) is 1.84. The first-order chi connectivity index (χ1) is 9.66. The number of carbonyl (C=O) groups excluding carboxylic acids is 1. The molecule has 0 aromatic heterocycles. The molecule has 4 heteroatoms. The van der Waals surface area contributed by atoms with E-state index in [0.29, 0.717) is 13.0 Å². The van der Waals surface area contributed by atoms with E-state index >= 15 is 0 Å². The molecular formula is C16H17BrN2O. The van der Waals surface area contributed by atoms with Gasteiger partial charge in [0.2, 0.25) is 5.91 Å². The molecule has 0 unspecified atom stereocenters. The number of rotatable bonds is 5. The topological polar surface area (TPSA) is 32.3 Å². The second-order valence-electron chi connectivity index (χ2n) is 4.47. The summed E-state index contributed by atoms with van der Waals surface area (Å²) in [7, 11) is 1.80. The maximum atomic E-state index is 12.1. The number of hydrogen-bond donors (Lipinski definition) is 1. The molecule has 104 valence electrons. The minimum absolute atomic E-state index is 0.0980. The van der Waals surface area contributed by atoms with Crippen LogP contribution in [0.2, 0.25) is 0 Å². The first-order valence-electron chi connectivity index (χ1n) is 6.48. The number of nitrogens with zero attached hydrogens (tertiary/aromatic N) is 1. The van der Waals surface area contributed by atoms with E-state index in [1.807, 2.05) is 54.6 Å². The summed E-state index contributed by atoms with van der Waals surface area (Å²) in [5.74, 6) is 0.0980. The van der Waals surface area contributed by atoms with Crippen molar-refractivity contribution in [3.8, 4) is 0 Å². The van der Waals surface area contributed by atoms with Crippen LogP contribution in [0.3, 0.4) is 0 Å². The summed E-state index contributed by atoms with van der Waals surface area (Å²) in [5.41, 5.74) is 1.93. The van der Waals surface area contributed by atoms with Gasteiger partial charge in [0.1, 0.15) is 0 Å². The highest BCUT2D eigenvalue weighted by Gasteiger charge is 2.09. The lowest BCUT2D eigenvalue weighted by atomic mass is 10.2. The van der Waals surface area contributed by atoms with E-state index in [1.54, 1.807) is 11.9 Å². The number of carbonyl (C=O) groups is 1. The highest BCUT2D eigenvalue weighted by molar-refractivity contribution is 9.10. The van der Waals surface area contributed by atoms with Crippen molar-refractivity contribution in [1.29, 1.82) is 0 Å². The van der Waals surface area contributed by atoms with E-state index in [9.17, 15) is 4.79 Å². The van der Waals surface area contributed by atoms with E-state index in [1.165, 1.54) is 0 Å². The lowest BCUT2D eigenvalue weighted by Gasteiger charge is -2.17. The van der Waals surface area contributed by atoms with Crippen LogP contribution in [-0.2, 0) is 4.79 Å². The van der Waals surface area contributed by atoms with Crippen molar-refractivity contribution in [2.75, 3.05) is 23.8 Å². The molecule has 0 bridgehead atoms. The van der Waals surface area contributed by atoms with Crippen molar-refractivity contribution in [1.82, 2.24) is 0 Å². The molecule has 0 spiro atoms. The van der Waals surface area contributed by atoms with Gasteiger partial charge in [-0.3, -0.25) is 4.79 Å². The predicted octanol–water partition coefficient (Wildman–Crippen LogP) is 3.91. The Balaban J connectivity index is 1.82. The minimum atomic E-state index is 0.0980. The number of hydrogen-bond acceptors (Lipinski definition) is 2. The smallest absolute Gasteiger partial charge is 0.228 e. The molecular weight excluding hydrogens is 316 g/mol. The van der Waals surface area contributed by atoms with E-state index in [4.69, 9.17) is 0 Å². The summed E-state index contributed by atoms with van der Waals surface area (Å²) in [6.07, 6.45) is 0.460. The molecule has 0 atom stereocenters. The van der Waals surface area contributed by atoms with Gasteiger partial charge in [-0.2, -0.15) is 0 Å². The monoisotopic (exact) mass is 332 g/mol. The van der Waals surface area contributed by atoms with Gasteiger partial charge in [-0.25, -0.2) is 0 Å². The number of para-hydroxylation sites is 1. The first-order valence-corrected chi connectivity index (χ1v) is 7.27. The first kappa shape index (κ1) is 14.6. The van der Waals surface area contributed by atoms with Crippen LogP contribution in [0.1, 0.15) is 6.42 Å². The largest absolute Gasteiger partial charge is 0.385 e. The maximum Gasteiger partial charge on any atom is 0.228 e. The molecule has 1 amide bonds. The predicted molar refractivity (Wildman–Crippen MR) is 87.1 cm³/mol. The lowest BCUT2D eigenvalue weighted by molar-refractivity contribution is -0.118. The number of nitrogens with one attached hydrogen (secondary N) is 1. The van der Waals surface area contributed by atoms with E-state index in [0.717, 1.165) is 15.8 Å². The Bertz CT molecular complexity index is 554. The van der Waals surface area contributed by atoms with Gasteiger partial charge >= 0.3 is 0 Å². The summed E-state index contributed by atoms with van der Waals surface area (Å²) in [6, 6.07) is 17.6. The average Bonchev–Trinajstić information content (AvgIpc) is 2.49. The fraction of sp³-hybridized carbons (Fsp3) is 0.188. The van der Waals surface area contributed by atoms with Gasteiger partial charge < -0.3 is 10.2 Å². The second-order valence-corrected chi connectivity index (χ2v) is 5.39. The zero-order valence-electron chi connectivity index (χ0n) is 11.3. The lowest BCUT2D eigenvalue weighted by Crippen LogP contribution is -2.27. The Hall–Kier alpha value is -1.81. The van der Waals surface area contributed by atoms with Crippen molar-refractivity contribution in [2.24, 2.45) is 0 Å². The average molecular weight is 333 g/mol. The SMILES string of the molecule is CN(C(=O)CCNc1ccc(Br)cc1)c1ccccc1. The summed E-state index contributed by atoms with van der Waals surface area (Å²) < 4.78 is 1.04. The summed E-state index contributed by atoms with van der Waals surface area (Å²) in [6.45, 7) is 0.623. The molecule has 0 radical (unpaired) electrons. The molecule has 0 saturated carbocycles. The summed E-state index contributed by atoms with van der Waals surface area (Å²) >= 11 is 3.39. The van der Waals surface area contributed by atoms with Crippen molar-refractivity contribution in [2.45, 2.75) is 6.42 Å². The van der Waals surface area contributed by atoms with Gasteiger partial charge in [-0.1, -0.05) is 34.1 Å². The zero-order chi connectivity index (χ0) is 14.4. The van der Waals surface area contributed by atoms with Crippen LogP contribution in [0, 0.1) is 0 Å². The Morgan fingerprint density at radius 3 is 2.40 bits per heavy atom. The van der Waals surface area contributed by atoms with E-state index in [-0.39, 0.29) is 5.91 Å². The number of anilines is 2. The third kappa shape index (κ3) is 4.10. The molecule has 1 N–H and O–H groups in total. The third-order valence-corrected chi connectivity index (χ3v) is 3.56. The van der Waals surface area contributed by atoms with E-state index in [2.05, 4.69) is 21.2 Å². The quantitative estimate of drug-likeness (QED) is 0.900. The summed E-state index contributed by atoms with van der Waals surface area (Å²) in [5, 5.41) is 3.24. The fourth-order valence-corrected chi connectivity index (χ4v) is 2.11. The van der Waals surface area contributed by atoms with Crippen molar-refractivity contribution < 1.29 is 4.79 Å². The molecule has 2 rings (SSSR count). The molecule has 0 fully saturated rings. The zero-order valence-corrected chi connectivity index (χ0v) is 12.9. The Kier molecular flexibility index (Phi) is 5.18. The van der Waals surface area contributed by atoms with Gasteiger partial charge in [-0.05, 0) is 36.4 Å². The van der Waals surface area contributed by atoms with Crippen LogP contribution in [0.15, 0.2) is 59.1 Å². The number of halogens is 1. The summed E-state index contributed by atoms with van der Waals surface area (Å²) in [4.78, 5) is 13.8. The molecule has 0 saturated heterocycles. The van der Waals surface area contributed by atoms with Gasteiger partial charge in [0.15, 0.2) is 0 Å². The maximum absolute atomic E-state index is 12.1. The van der Waals surface area contributed by atoms with Gasteiger partial charge in [0, 0.05) is 35.9 Å². The van der Waals surface area contributed by atoms with Crippen molar-refractivity contribution >= 4 is 33.2 Å². The van der Waals surface area contributed by atoms with Crippen LogP contribution in [-0.4, -0.2) is 19.5 Å². The van der Waals surface area contributed by atoms with Gasteiger partial charge in [0.05, 0.1) is 0 Å². The molecule has 0 aliphatic heterocycles. The van der Waals surface area contributed by atoms with Crippen LogP contribution in [0.25, 0.3) is 0 Å². The molecule has 20 heavy (non-hydrogen) atoms. The highest BCUT2D eigenvalue weighted by Crippen LogP contribution is 2.15. The van der Waals surface area contributed by atoms with Gasteiger partial charge in [-0.15, -0.1) is 0 Å². The van der Waals surface area contributed by atoms with Crippen LogP contribution in [0.5, 0.6) is 0 Å². The Labute approximate surface area is 127 Å². The molecule has 3 nitrogen and oxygen atoms in total. The molecule has 2 aromatic carbocycles. The number of benzene rings is 2. The van der Waals surface area contributed by atoms with Crippen molar-refractivity contribution in [3.05, 3.63) is 59.1 Å². The Morgan fingerprint density at radius 2 is 1.75 bits per heavy atom. The second kappa shape index (κ2) is 7.10. The number of amides is 1. The molecule has 0 heterocycles. The van der Waals surface area contributed by atoms with E-state index < -0.39 is 0 Å². The van der Waals surface area contributed by atoms with Crippen LogP contribution in [0.4, 0.5) is 11.4 Å². The third-order valence-electron chi connectivity index (χ3n) is 3.03. The minimum Gasteiger partial charge on any atom is -0.385 e. The van der Waals surface area contributed by atoms with Gasteiger partial charge in [0.25, 0.3) is 0 Å². The van der Waals surface area contributed by atoms with Crippen LogP contribution >= 0.6 is 15.9 Å². The molecule has 0 aliphatic carbocycles. The standard InChI is InChI=1S/C16H17BrN2O/c1-19(15-5-3-2-4-6-15)16(20)11-12-18-14-9-7-13(17)8-10-14/h2-10,18H,11-12H2,1H3. The normalized spacial score (nSPS) is 10.1. The highest BCUT2D eigenvalue weighted by atomic mass is 79.9. The van der Waals surface area contributed by atoms with Crippen LogP contribution < -0.4 is 10.2 Å². The molecule has 0 aliphatic rings.